The van der Waals surface area contributed by atoms with Crippen molar-refractivity contribution in [3.8, 4) is 0 Å². The van der Waals surface area contributed by atoms with Crippen LogP contribution >= 0.6 is 0 Å². The molecule has 0 radical (unpaired) electrons. The van der Waals surface area contributed by atoms with Crippen LogP contribution in [0.3, 0.4) is 0 Å². The van der Waals surface area contributed by atoms with Crippen LogP contribution in [0, 0.1) is 0 Å². The van der Waals surface area contributed by atoms with Gasteiger partial charge >= 0.3 is 0 Å². The second-order valence-electron chi connectivity index (χ2n) is 3.08. The second kappa shape index (κ2) is 9.96. The van der Waals surface area contributed by atoms with Gasteiger partial charge < -0.3 is 14.8 Å². The van der Waals surface area contributed by atoms with E-state index in [1.807, 2.05) is 7.05 Å². The van der Waals surface area contributed by atoms with E-state index in [2.05, 4.69) is 19.2 Å². The van der Waals surface area contributed by atoms with Gasteiger partial charge in [-0.25, -0.2) is 0 Å². The van der Waals surface area contributed by atoms with Crippen molar-refractivity contribution in [2.45, 2.75) is 32.7 Å². The lowest BCUT2D eigenvalue weighted by atomic mass is 10.2. The van der Waals surface area contributed by atoms with Crippen molar-refractivity contribution >= 4 is 0 Å². The maximum atomic E-state index is 5.44. The Bertz CT molecular complexity index is 94.9. The smallest absolute Gasteiger partial charge is 0.0701 e. The Morgan fingerprint density at radius 1 is 1.08 bits per heavy atom. The quantitative estimate of drug-likeness (QED) is 0.557. The van der Waals surface area contributed by atoms with E-state index in [1.165, 1.54) is 0 Å². The van der Waals surface area contributed by atoms with Crippen molar-refractivity contribution in [1.29, 1.82) is 0 Å². The van der Waals surface area contributed by atoms with Crippen LogP contribution in [0.2, 0.25) is 0 Å². The Labute approximate surface area is 81.8 Å². The highest BCUT2D eigenvalue weighted by Gasteiger charge is 2.01. The monoisotopic (exact) mass is 189 g/mol. The van der Waals surface area contributed by atoms with Crippen molar-refractivity contribution in [3.63, 3.8) is 0 Å². The third kappa shape index (κ3) is 8.22. The van der Waals surface area contributed by atoms with Crippen LogP contribution < -0.4 is 5.32 Å². The van der Waals surface area contributed by atoms with Crippen molar-refractivity contribution in [1.82, 2.24) is 5.32 Å². The highest BCUT2D eigenvalue weighted by atomic mass is 16.5. The minimum Gasteiger partial charge on any atom is -0.379 e. The summed E-state index contributed by atoms with van der Waals surface area (Å²) in [6, 6.07) is 0.478. The number of likely N-dealkylation sites (N-methyl/N-ethyl adjacent to an activating group) is 1. The highest BCUT2D eigenvalue weighted by molar-refractivity contribution is 4.59. The molecule has 1 unspecified atom stereocenters. The Morgan fingerprint density at radius 2 is 1.77 bits per heavy atom. The van der Waals surface area contributed by atoms with E-state index in [0.29, 0.717) is 19.3 Å². The number of hydrogen-bond donors (Lipinski definition) is 1. The predicted octanol–water partition coefficient (Wildman–Crippen LogP) is 1.43. The van der Waals surface area contributed by atoms with Crippen LogP contribution in [0.4, 0.5) is 0 Å². The molecule has 1 N–H and O–H groups in total. The normalized spacial score (nSPS) is 13.2. The Balaban J connectivity index is 3.05. The molecule has 3 heteroatoms. The largest absolute Gasteiger partial charge is 0.379 e. The minimum absolute atomic E-state index is 0.478. The molecule has 13 heavy (non-hydrogen) atoms. The topological polar surface area (TPSA) is 30.5 Å². The first-order valence-electron chi connectivity index (χ1n) is 5.17. The number of ether oxygens (including phenoxy) is 2. The average molecular weight is 189 g/mol. The zero-order valence-electron chi connectivity index (χ0n) is 9.14. The highest BCUT2D eigenvalue weighted by Crippen LogP contribution is 1.91. The molecule has 0 aromatic rings. The maximum Gasteiger partial charge on any atom is 0.0701 e. The summed E-state index contributed by atoms with van der Waals surface area (Å²) in [5, 5.41) is 3.19. The summed E-state index contributed by atoms with van der Waals surface area (Å²) in [6.07, 6.45) is 2.18. The molecule has 0 aliphatic carbocycles. The van der Waals surface area contributed by atoms with Gasteiger partial charge in [0.15, 0.2) is 0 Å². The molecule has 0 aliphatic rings. The standard InChI is InChI=1S/C10H23NO2/c1-4-6-12-7-8-13-9-10(5-2)11-3/h10-11H,4-9H2,1-3H3. The number of rotatable bonds is 9. The third-order valence-corrected chi connectivity index (χ3v) is 1.94. The van der Waals surface area contributed by atoms with E-state index in [-0.39, 0.29) is 0 Å². The van der Waals surface area contributed by atoms with Crippen LogP contribution in [0.15, 0.2) is 0 Å². The predicted molar refractivity (Wildman–Crippen MR) is 55.1 cm³/mol. The second-order valence-corrected chi connectivity index (χ2v) is 3.08. The van der Waals surface area contributed by atoms with E-state index < -0.39 is 0 Å². The summed E-state index contributed by atoms with van der Waals surface area (Å²) in [7, 11) is 1.96. The zero-order valence-corrected chi connectivity index (χ0v) is 9.14. The van der Waals surface area contributed by atoms with Gasteiger partial charge in [0.1, 0.15) is 0 Å². The van der Waals surface area contributed by atoms with Crippen LogP contribution in [-0.2, 0) is 9.47 Å². The van der Waals surface area contributed by atoms with Crippen molar-refractivity contribution in [3.05, 3.63) is 0 Å². The lowest BCUT2D eigenvalue weighted by Crippen LogP contribution is -2.30. The zero-order chi connectivity index (χ0) is 9.94. The molecule has 0 rings (SSSR count). The molecular formula is C10H23NO2. The fourth-order valence-corrected chi connectivity index (χ4v) is 0.995. The molecule has 0 amide bonds. The van der Waals surface area contributed by atoms with Gasteiger partial charge in [-0.05, 0) is 19.9 Å². The summed E-state index contributed by atoms with van der Waals surface area (Å²) < 4.78 is 10.7. The van der Waals surface area contributed by atoms with Gasteiger partial charge in [-0.2, -0.15) is 0 Å². The van der Waals surface area contributed by atoms with E-state index in [9.17, 15) is 0 Å². The van der Waals surface area contributed by atoms with Gasteiger partial charge in [-0.3, -0.25) is 0 Å². The van der Waals surface area contributed by atoms with E-state index in [1.54, 1.807) is 0 Å². The van der Waals surface area contributed by atoms with Gasteiger partial charge in [0, 0.05) is 12.6 Å². The Hall–Kier alpha value is -0.120. The summed E-state index contributed by atoms with van der Waals surface area (Å²) >= 11 is 0. The maximum absolute atomic E-state index is 5.44. The Morgan fingerprint density at radius 3 is 2.31 bits per heavy atom. The number of hydrogen-bond acceptors (Lipinski definition) is 3. The third-order valence-electron chi connectivity index (χ3n) is 1.94. The fraction of sp³-hybridized carbons (Fsp3) is 1.00. The average Bonchev–Trinajstić information content (AvgIpc) is 2.17. The van der Waals surface area contributed by atoms with Gasteiger partial charge in [-0.1, -0.05) is 13.8 Å². The lowest BCUT2D eigenvalue weighted by molar-refractivity contribution is 0.0397. The van der Waals surface area contributed by atoms with Gasteiger partial charge in [-0.15, -0.1) is 0 Å². The molecule has 0 aromatic heterocycles. The first-order chi connectivity index (χ1) is 6.35. The fourth-order valence-electron chi connectivity index (χ4n) is 0.995. The van der Waals surface area contributed by atoms with Crippen LogP contribution in [-0.4, -0.2) is 39.5 Å². The van der Waals surface area contributed by atoms with Crippen LogP contribution in [0.25, 0.3) is 0 Å². The summed E-state index contributed by atoms with van der Waals surface area (Å²) in [5.74, 6) is 0. The molecule has 0 aromatic carbocycles. The van der Waals surface area contributed by atoms with Crippen molar-refractivity contribution in [2.75, 3.05) is 33.5 Å². The first-order valence-corrected chi connectivity index (χ1v) is 5.17. The molecule has 3 nitrogen and oxygen atoms in total. The molecular weight excluding hydrogens is 166 g/mol. The molecule has 80 valence electrons. The SMILES string of the molecule is CCCOCCOCC(CC)NC. The molecule has 1 atom stereocenters. The van der Waals surface area contributed by atoms with Gasteiger partial charge in [0.25, 0.3) is 0 Å². The molecule has 0 heterocycles. The summed E-state index contributed by atoms with van der Waals surface area (Å²) in [4.78, 5) is 0. The molecule has 0 bridgehead atoms. The van der Waals surface area contributed by atoms with Crippen LogP contribution in [0.5, 0.6) is 0 Å². The first kappa shape index (κ1) is 12.9. The van der Waals surface area contributed by atoms with E-state index >= 15 is 0 Å². The Kier molecular flexibility index (Phi) is 9.87. The minimum atomic E-state index is 0.478. The lowest BCUT2D eigenvalue weighted by Gasteiger charge is -2.13. The molecule has 0 saturated heterocycles. The van der Waals surface area contributed by atoms with Crippen molar-refractivity contribution < 1.29 is 9.47 Å². The summed E-state index contributed by atoms with van der Waals surface area (Å²) in [5.41, 5.74) is 0. The molecule has 0 aliphatic heterocycles. The molecule has 0 spiro atoms. The van der Waals surface area contributed by atoms with Crippen molar-refractivity contribution in [2.24, 2.45) is 0 Å². The summed E-state index contributed by atoms with van der Waals surface area (Å²) in [6.45, 7) is 7.30. The molecule has 0 saturated carbocycles. The van der Waals surface area contributed by atoms with Gasteiger partial charge in [0.2, 0.25) is 0 Å². The number of nitrogens with one attached hydrogen (secondary N) is 1. The van der Waals surface area contributed by atoms with E-state index in [4.69, 9.17) is 9.47 Å². The van der Waals surface area contributed by atoms with Gasteiger partial charge in [0.05, 0.1) is 19.8 Å². The van der Waals surface area contributed by atoms with Crippen LogP contribution in [0.1, 0.15) is 26.7 Å². The van der Waals surface area contributed by atoms with E-state index in [0.717, 1.165) is 26.1 Å². The molecule has 0 fully saturated rings.